The van der Waals surface area contributed by atoms with Gasteiger partial charge in [-0.15, -0.1) is 0 Å². The van der Waals surface area contributed by atoms with E-state index >= 15 is 0 Å². The number of hydrogen-bond acceptors (Lipinski definition) is 3. The van der Waals surface area contributed by atoms with Crippen molar-refractivity contribution in [3.63, 3.8) is 0 Å². The highest BCUT2D eigenvalue weighted by Gasteiger charge is 2.32. The Morgan fingerprint density at radius 1 is 1.18 bits per heavy atom. The zero-order valence-electron chi connectivity index (χ0n) is 12.7. The summed E-state index contributed by atoms with van der Waals surface area (Å²) in [6.45, 7) is 3.51. The molecule has 3 rings (SSSR count). The zero-order valence-corrected chi connectivity index (χ0v) is 12.7. The van der Waals surface area contributed by atoms with Gasteiger partial charge in [-0.3, -0.25) is 20.0 Å². The Morgan fingerprint density at radius 2 is 1.91 bits per heavy atom. The van der Waals surface area contributed by atoms with Gasteiger partial charge in [-0.2, -0.15) is 0 Å². The van der Waals surface area contributed by atoms with Crippen molar-refractivity contribution in [3.8, 4) is 0 Å². The third-order valence-corrected chi connectivity index (χ3v) is 3.98. The lowest BCUT2D eigenvalue weighted by Gasteiger charge is -2.27. The molecule has 0 aromatic heterocycles. The van der Waals surface area contributed by atoms with Crippen LogP contribution in [0.4, 0.5) is 5.69 Å². The van der Waals surface area contributed by atoms with Crippen molar-refractivity contribution in [3.05, 3.63) is 65.2 Å². The molecule has 4 nitrogen and oxygen atoms in total. The van der Waals surface area contributed by atoms with Gasteiger partial charge in [0.25, 0.3) is 0 Å². The summed E-state index contributed by atoms with van der Waals surface area (Å²) in [6.07, 6.45) is 0.428. The molecule has 0 aliphatic carbocycles. The molecular formula is C18H18N2O2. The predicted molar refractivity (Wildman–Crippen MR) is 85.6 cm³/mol. The van der Waals surface area contributed by atoms with Gasteiger partial charge in [0, 0.05) is 5.56 Å². The number of anilines is 1. The number of nitrogens with zero attached hydrogens (tertiary/aromatic N) is 1. The molecule has 1 aliphatic rings. The van der Waals surface area contributed by atoms with Gasteiger partial charge in [0.1, 0.15) is 0 Å². The van der Waals surface area contributed by atoms with E-state index in [0.29, 0.717) is 12.0 Å². The summed E-state index contributed by atoms with van der Waals surface area (Å²) in [5.41, 5.74) is 6.58. The number of aryl methyl sites for hydroxylation is 1. The van der Waals surface area contributed by atoms with Crippen LogP contribution >= 0.6 is 0 Å². The fourth-order valence-electron chi connectivity index (χ4n) is 2.84. The molecule has 1 N–H and O–H groups in total. The minimum absolute atomic E-state index is 0.00361. The maximum Gasteiger partial charge on any atom is 0.241 e. The number of carbonyl (C=O) groups is 2. The number of nitrogens with one attached hydrogen (secondary N) is 1. The average molecular weight is 294 g/mol. The molecular weight excluding hydrogens is 276 g/mol. The molecule has 2 aromatic carbocycles. The van der Waals surface area contributed by atoms with Crippen LogP contribution in [-0.2, 0) is 4.79 Å². The summed E-state index contributed by atoms with van der Waals surface area (Å²) in [7, 11) is 0. The van der Waals surface area contributed by atoms with E-state index in [1.54, 1.807) is 13.0 Å². The highest BCUT2D eigenvalue weighted by Crippen LogP contribution is 2.34. The Morgan fingerprint density at radius 3 is 2.55 bits per heavy atom. The lowest BCUT2D eigenvalue weighted by Crippen LogP contribution is -2.35. The summed E-state index contributed by atoms with van der Waals surface area (Å²) in [6, 6.07) is 15.5. The van der Waals surface area contributed by atoms with Crippen molar-refractivity contribution >= 4 is 17.4 Å². The Hall–Kier alpha value is -2.62. The normalized spacial score (nSPS) is 17.5. The molecule has 1 unspecified atom stereocenters. The molecule has 1 heterocycles. The summed E-state index contributed by atoms with van der Waals surface area (Å²) < 4.78 is 0. The van der Waals surface area contributed by atoms with E-state index in [-0.39, 0.29) is 17.7 Å². The van der Waals surface area contributed by atoms with Crippen LogP contribution in [0.3, 0.4) is 0 Å². The lowest BCUT2D eigenvalue weighted by atomic mass is 10.0. The highest BCUT2D eigenvalue weighted by molar-refractivity contribution is 5.95. The second-order valence-corrected chi connectivity index (χ2v) is 5.59. The van der Waals surface area contributed by atoms with Gasteiger partial charge in [-0.1, -0.05) is 30.3 Å². The number of rotatable bonds is 3. The van der Waals surface area contributed by atoms with E-state index < -0.39 is 0 Å². The fraction of sp³-hybridized carbons (Fsp3) is 0.222. The monoisotopic (exact) mass is 294 g/mol. The molecule has 0 spiro atoms. The number of ketones is 1. The molecule has 4 heteroatoms. The van der Waals surface area contributed by atoms with E-state index in [4.69, 9.17) is 0 Å². The van der Waals surface area contributed by atoms with Crippen LogP contribution in [0.15, 0.2) is 48.5 Å². The number of carbonyl (C=O) groups excluding carboxylic acids is 2. The topological polar surface area (TPSA) is 49.4 Å². The Balaban J connectivity index is 1.99. The first kappa shape index (κ1) is 14.3. The first-order valence-corrected chi connectivity index (χ1v) is 7.31. The van der Waals surface area contributed by atoms with Crippen molar-refractivity contribution in [2.24, 2.45) is 0 Å². The Bertz CT molecular complexity index is 725. The molecule has 2 aromatic rings. The first-order valence-electron chi connectivity index (χ1n) is 7.31. The molecule has 22 heavy (non-hydrogen) atoms. The molecule has 0 saturated carbocycles. The molecule has 1 aliphatic heterocycles. The van der Waals surface area contributed by atoms with Gasteiger partial charge in [-0.25, -0.2) is 0 Å². The maximum absolute atomic E-state index is 11.9. The smallest absolute Gasteiger partial charge is 0.241 e. The summed E-state index contributed by atoms with van der Waals surface area (Å²) in [4.78, 5) is 23.4. The van der Waals surface area contributed by atoms with Crippen LogP contribution in [-0.4, -0.2) is 11.7 Å². The highest BCUT2D eigenvalue weighted by atomic mass is 16.2. The number of hydrazine groups is 1. The van der Waals surface area contributed by atoms with Gasteiger partial charge >= 0.3 is 0 Å². The summed E-state index contributed by atoms with van der Waals surface area (Å²) >= 11 is 0. The molecule has 1 fully saturated rings. The molecule has 1 atom stereocenters. The van der Waals surface area contributed by atoms with Gasteiger partial charge < -0.3 is 0 Å². The van der Waals surface area contributed by atoms with Crippen LogP contribution < -0.4 is 10.4 Å². The Kier molecular flexibility index (Phi) is 3.67. The summed E-state index contributed by atoms with van der Waals surface area (Å²) in [5.74, 6) is 0.0450. The van der Waals surface area contributed by atoms with Crippen molar-refractivity contribution in [1.82, 2.24) is 5.43 Å². The van der Waals surface area contributed by atoms with Crippen molar-refractivity contribution < 1.29 is 9.59 Å². The number of hydrogen-bond donors (Lipinski definition) is 1. The van der Waals surface area contributed by atoms with Crippen LogP contribution in [0.25, 0.3) is 0 Å². The number of Topliss-reactive ketones (excluding diaryl/α,β-unsaturated/α-hetero) is 1. The zero-order chi connectivity index (χ0) is 15.7. The van der Waals surface area contributed by atoms with E-state index in [1.807, 2.05) is 54.4 Å². The second kappa shape index (κ2) is 5.64. The van der Waals surface area contributed by atoms with Gasteiger partial charge in [0.05, 0.1) is 18.2 Å². The van der Waals surface area contributed by atoms with Gasteiger partial charge in [0.2, 0.25) is 5.91 Å². The third kappa shape index (κ3) is 2.60. The molecule has 0 radical (unpaired) electrons. The van der Waals surface area contributed by atoms with E-state index in [9.17, 15) is 9.59 Å². The van der Waals surface area contributed by atoms with E-state index in [1.165, 1.54) is 0 Å². The predicted octanol–water partition coefficient (Wildman–Crippen LogP) is 3.18. The molecule has 112 valence electrons. The lowest BCUT2D eigenvalue weighted by molar-refractivity contribution is -0.119. The van der Waals surface area contributed by atoms with Crippen molar-refractivity contribution in [2.45, 2.75) is 26.3 Å². The molecule has 0 bridgehead atoms. The largest absolute Gasteiger partial charge is 0.295 e. The van der Waals surface area contributed by atoms with Crippen LogP contribution in [0.1, 0.15) is 40.9 Å². The van der Waals surface area contributed by atoms with Crippen molar-refractivity contribution in [1.29, 1.82) is 0 Å². The van der Waals surface area contributed by atoms with Crippen LogP contribution in [0, 0.1) is 6.92 Å². The first-order chi connectivity index (χ1) is 10.6. The SMILES string of the molecule is CC(=O)c1ccc(N2NC(=O)CC2c2ccccc2)c(C)c1. The quantitative estimate of drug-likeness (QED) is 0.885. The van der Waals surface area contributed by atoms with E-state index in [0.717, 1.165) is 16.8 Å². The van der Waals surface area contributed by atoms with Crippen LogP contribution in [0.2, 0.25) is 0 Å². The minimum Gasteiger partial charge on any atom is -0.295 e. The third-order valence-electron chi connectivity index (χ3n) is 3.98. The van der Waals surface area contributed by atoms with Gasteiger partial charge in [-0.05, 0) is 43.2 Å². The minimum atomic E-state index is -0.0319. The number of amides is 1. The molecule has 1 saturated heterocycles. The maximum atomic E-state index is 11.9. The number of benzene rings is 2. The summed E-state index contributed by atoms with van der Waals surface area (Å²) in [5, 5.41) is 1.90. The Labute approximate surface area is 129 Å². The standard InChI is InChI=1S/C18H18N2O2/c1-12-10-15(13(2)21)8-9-16(12)20-17(11-18(22)19-20)14-6-4-3-5-7-14/h3-10,17H,11H2,1-2H3,(H,19,22). The van der Waals surface area contributed by atoms with Crippen LogP contribution in [0.5, 0.6) is 0 Å². The van der Waals surface area contributed by atoms with E-state index in [2.05, 4.69) is 5.43 Å². The molecule has 1 amide bonds. The second-order valence-electron chi connectivity index (χ2n) is 5.59. The average Bonchev–Trinajstić information content (AvgIpc) is 2.89. The van der Waals surface area contributed by atoms with Crippen molar-refractivity contribution in [2.75, 3.05) is 5.01 Å². The fourth-order valence-corrected chi connectivity index (χ4v) is 2.84. The van der Waals surface area contributed by atoms with Gasteiger partial charge in [0.15, 0.2) is 5.78 Å².